The SMILES string of the molecule is CN(C)CC1CCCN1CCC(=O)c1ccc(Cl)cc1. The Labute approximate surface area is 126 Å². The van der Waals surface area contributed by atoms with Crippen LogP contribution < -0.4 is 0 Å². The molecule has 0 amide bonds. The summed E-state index contributed by atoms with van der Waals surface area (Å²) in [5.74, 6) is 0.206. The highest BCUT2D eigenvalue weighted by molar-refractivity contribution is 6.30. The molecule has 1 fully saturated rings. The van der Waals surface area contributed by atoms with Crippen LogP contribution in [0.4, 0.5) is 0 Å². The Morgan fingerprint density at radius 3 is 2.70 bits per heavy atom. The van der Waals surface area contributed by atoms with Gasteiger partial charge in [0.05, 0.1) is 0 Å². The van der Waals surface area contributed by atoms with E-state index >= 15 is 0 Å². The number of Topliss-reactive ketones (excluding diaryl/α,β-unsaturated/α-hetero) is 1. The van der Waals surface area contributed by atoms with Crippen molar-refractivity contribution in [3.63, 3.8) is 0 Å². The van der Waals surface area contributed by atoms with E-state index in [0.717, 1.165) is 25.2 Å². The minimum Gasteiger partial charge on any atom is -0.308 e. The van der Waals surface area contributed by atoms with Crippen LogP contribution in [-0.2, 0) is 0 Å². The minimum absolute atomic E-state index is 0.206. The summed E-state index contributed by atoms with van der Waals surface area (Å²) in [5, 5.41) is 0.673. The molecule has 20 heavy (non-hydrogen) atoms. The first-order valence-electron chi connectivity index (χ1n) is 7.24. The number of benzene rings is 1. The Bertz CT molecular complexity index is 444. The summed E-state index contributed by atoms with van der Waals surface area (Å²) in [5.41, 5.74) is 0.762. The van der Waals surface area contributed by atoms with Gasteiger partial charge >= 0.3 is 0 Å². The Morgan fingerprint density at radius 1 is 1.35 bits per heavy atom. The third kappa shape index (κ3) is 4.30. The summed E-state index contributed by atoms with van der Waals surface area (Å²) in [6, 6.07) is 7.78. The minimum atomic E-state index is 0.206. The number of carbonyl (C=O) groups excluding carboxylic acids is 1. The molecule has 1 aromatic rings. The van der Waals surface area contributed by atoms with E-state index in [1.807, 2.05) is 12.1 Å². The monoisotopic (exact) mass is 294 g/mol. The predicted molar refractivity (Wildman–Crippen MR) is 83.5 cm³/mol. The number of hydrogen-bond acceptors (Lipinski definition) is 3. The molecule has 110 valence electrons. The molecule has 2 rings (SSSR count). The molecule has 1 unspecified atom stereocenters. The standard InChI is InChI=1S/C16H23ClN2O/c1-18(2)12-15-4-3-10-19(15)11-9-16(20)13-5-7-14(17)8-6-13/h5-8,15H,3-4,9-12H2,1-2H3. The number of likely N-dealkylation sites (N-methyl/N-ethyl adjacent to an activating group) is 1. The third-order valence-electron chi connectivity index (χ3n) is 3.87. The van der Waals surface area contributed by atoms with E-state index in [-0.39, 0.29) is 5.78 Å². The molecule has 1 heterocycles. The van der Waals surface area contributed by atoms with Crippen molar-refractivity contribution in [3.8, 4) is 0 Å². The van der Waals surface area contributed by atoms with Crippen molar-refractivity contribution in [3.05, 3.63) is 34.9 Å². The first kappa shape index (κ1) is 15.5. The molecule has 0 radical (unpaired) electrons. The molecular weight excluding hydrogens is 272 g/mol. The molecule has 0 aliphatic carbocycles. The molecule has 1 saturated heterocycles. The zero-order chi connectivity index (χ0) is 14.5. The molecule has 0 bridgehead atoms. The number of hydrogen-bond donors (Lipinski definition) is 0. The van der Waals surface area contributed by atoms with Crippen LogP contribution in [0.1, 0.15) is 29.6 Å². The van der Waals surface area contributed by atoms with Crippen LogP contribution in [-0.4, -0.2) is 55.4 Å². The molecule has 0 saturated carbocycles. The second-order valence-corrected chi connectivity index (χ2v) is 6.21. The largest absolute Gasteiger partial charge is 0.308 e. The molecule has 4 heteroatoms. The normalized spacial score (nSPS) is 19.7. The maximum Gasteiger partial charge on any atom is 0.164 e. The van der Waals surface area contributed by atoms with E-state index < -0.39 is 0 Å². The molecule has 0 spiro atoms. The van der Waals surface area contributed by atoms with Gasteiger partial charge in [0.2, 0.25) is 0 Å². The van der Waals surface area contributed by atoms with Crippen LogP contribution in [0, 0.1) is 0 Å². The van der Waals surface area contributed by atoms with Crippen LogP contribution >= 0.6 is 11.6 Å². The summed E-state index contributed by atoms with van der Waals surface area (Å²) in [7, 11) is 4.21. The molecule has 1 atom stereocenters. The smallest absolute Gasteiger partial charge is 0.164 e. The van der Waals surface area contributed by atoms with Crippen molar-refractivity contribution >= 4 is 17.4 Å². The number of ketones is 1. The van der Waals surface area contributed by atoms with Crippen LogP contribution in [0.25, 0.3) is 0 Å². The van der Waals surface area contributed by atoms with Crippen molar-refractivity contribution in [2.24, 2.45) is 0 Å². The summed E-state index contributed by atoms with van der Waals surface area (Å²) in [4.78, 5) is 16.8. The van der Waals surface area contributed by atoms with Crippen molar-refractivity contribution in [1.29, 1.82) is 0 Å². The quantitative estimate of drug-likeness (QED) is 0.754. The zero-order valence-corrected chi connectivity index (χ0v) is 13.1. The summed E-state index contributed by atoms with van der Waals surface area (Å²) < 4.78 is 0. The van der Waals surface area contributed by atoms with Crippen LogP contribution in [0.5, 0.6) is 0 Å². The molecular formula is C16H23ClN2O. The van der Waals surface area contributed by atoms with Crippen LogP contribution in [0.2, 0.25) is 5.02 Å². The van der Waals surface area contributed by atoms with E-state index in [2.05, 4.69) is 23.9 Å². The highest BCUT2D eigenvalue weighted by Crippen LogP contribution is 2.19. The van der Waals surface area contributed by atoms with Gasteiger partial charge in [0.15, 0.2) is 5.78 Å². The van der Waals surface area contributed by atoms with Crippen molar-refractivity contribution in [1.82, 2.24) is 9.80 Å². The fourth-order valence-corrected chi connectivity index (χ4v) is 2.97. The van der Waals surface area contributed by atoms with Gasteiger partial charge in [-0.05, 0) is 57.7 Å². The summed E-state index contributed by atoms with van der Waals surface area (Å²) in [6.45, 7) is 3.06. The van der Waals surface area contributed by atoms with Gasteiger partial charge in [-0.25, -0.2) is 0 Å². The second kappa shape index (κ2) is 7.21. The number of carbonyl (C=O) groups is 1. The Kier molecular flexibility index (Phi) is 5.58. The summed E-state index contributed by atoms with van der Waals surface area (Å²) in [6.07, 6.45) is 3.08. The molecule has 0 aromatic heterocycles. The highest BCUT2D eigenvalue weighted by atomic mass is 35.5. The summed E-state index contributed by atoms with van der Waals surface area (Å²) >= 11 is 5.84. The van der Waals surface area contributed by atoms with E-state index in [1.54, 1.807) is 12.1 Å². The van der Waals surface area contributed by atoms with Crippen molar-refractivity contribution in [2.75, 3.05) is 33.7 Å². The Morgan fingerprint density at radius 2 is 2.05 bits per heavy atom. The molecule has 1 aromatic carbocycles. The first-order chi connectivity index (χ1) is 9.56. The fraction of sp³-hybridized carbons (Fsp3) is 0.562. The van der Waals surface area contributed by atoms with Gasteiger partial charge in [0, 0.05) is 36.1 Å². The van der Waals surface area contributed by atoms with Gasteiger partial charge in [-0.2, -0.15) is 0 Å². The topological polar surface area (TPSA) is 23.6 Å². The maximum atomic E-state index is 12.2. The predicted octanol–water partition coefficient (Wildman–Crippen LogP) is 2.94. The van der Waals surface area contributed by atoms with E-state index in [1.165, 1.54) is 12.8 Å². The Hall–Kier alpha value is -0.900. The van der Waals surface area contributed by atoms with Crippen molar-refractivity contribution in [2.45, 2.75) is 25.3 Å². The lowest BCUT2D eigenvalue weighted by Crippen LogP contribution is -2.38. The van der Waals surface area contributed by atoms with Gasteiger partial charge in [0.1, 0.15) is 0 Å². The number of halogens is 1. The third-order valence-corrected chi connectivity index (χ3v) is 4.12. The van der Waals surface area contributed by atoms with Gasteiger partial charge in [0.25, 0.3) is 0 Å². The van der Waals surface area contributed by atoms with E-state index in [0.29, 0.717) is 17.5 Å². The van der Waals surface area contributed by atoms with Gasteiger partial charge < -0.3 is 4.90 Å². The number of rotatable bonds is 6. The van der Waals surface area contributed by atoms with Crippen LogP contribution in [0.3, 0.4) is 0 Å². The average molecular weight is 295 g/mol. The number of likely N-dealkylation sites (tertiary alicyclic amines) is 1. The van der Waals surface area contributed by atoms with E-state index in [9.17, 15) is 4.79 Å². The van der Waals surface area contributed by atoms with Crippen LogP contribution in [0.15, 0.2) is 24.3 Å². The molecule has 1 aliphatic rings. The number of nitrogens with zero attached hydrogens (tertiary/aromatic N) is 2. The Balaban J connectivity index is 1.85. The lowest BCUT2D eigenvalue weighted by molar-refractivity contribution is 0.0957. The van der Waals surface area contributed by atoms with E-state index in [4.69, 9.17) is 11.6 Å². The fourth-order valence-electron chi connectivity index (χ4n) is 2.84. The average Bonchev–Trinajstić information content (AvgIpc) is 2.83. The highest BCUT2D eigenvalue weighted by Gasteiger charge is 2.25. The lowest BCUT2D eigenvalue weighted by Gasteiger charge is -2.26. The zero-order valence-electron chi connectivity index (χ0n) is 12.3. The molecule has 0 N–H and O–H groups in total. The van der Waals surface area contributed by atoms with Gasteiger partial charge in [-0.3, -0.25) is 9.69 Å². The molecule has 1 aliphatic heterocycles. The second-order valence-electron chi connectivity index (χ2n) is 5.77. The maximum absolute atomic E-state index is 12.2. The first-order valence-corrected chi connectivity index (χ1v) is 7.61. The lowest BCUT2D eigenvalue weighted by atomic mass is 10.1. The molecule has 3 nitrogen and oxygen atoms in total. The van der Waals surface area contributed by atoms with Gasteiger partial charge in [-0.15, -0.1) is 0 Å². The van der Waals surface area contributed by atoms with Gasteiger partial charge in [-0.1, -0.05) is 11.6 Å². The van der Waals surface area contributed by atoms with Crippen molar-refractivity contribution < 1.29 is 4.79 Å².